The van der Waals surface area contributed by atoms with E-state index in [1.54, 1.807) is 13.0 Å². The van der Waals surface area contributed by atoms with Gasteiger partial charge in [-0.2, -0.15) is 26.3 Å². The fraction of sp³-hybridized carbons (Fsp3) is 0.600. The molecule has 0 aliphatic carbocycles. The first-order valence-corrected chi connectivity index (χ1v) is 5.92. The van der Waals surface area contributed by atoms with E-state index in [-0.39, 0.29) is 4.88 Å². The lowest BCUT2D eigenvalue weighted by Crippen LogP contribution is -2.45. The van der Waals surface area contributed by atoms with Crippen LogP contribution in [0.15, 0.2) is 12.1 Å². The van der Waals surface area contributed by atoms with Crippen LogP contribution in [0.25, 0.3) is 0 Å². The molecule has 1 atom stereocenters. The minimum atomic E-state index is -5.53. The molecule has 0 spiro atoms. The van der Waals surface area contributed by atoms with E-state index >= 15 is 0 Å². The number of halogens is 6. The van der Waals surface area contributed by atoms with Crippen LogP contribution in [0.4, 0.5) is 26.3 Å². The topological polar surface area (TPSA) is 35.2 Å². The van der Waals surface area contributed by atoms with E-state index in [4.69, 9.17) is 5.73 Å². The van der Waals surface area contributed by atoms with Gasteiger partial charge in [-0.25, -0.2) is 0 Å². The third-order valence-corrected chi connectivity index (χ3v) is 3.28. The van der Waals surface area contributed by atoms with Gasteiger partial charge in [0.1, 0.15) is 6.10 Å². The molecule has 19 heavy (non-hydrogen) atoms. The highest BCUT2D eigenvalue weighted by molar-refractivity contribution is 7.12. The molecule has 0 aromatic carbocycles. The molecule has 1 heterocycles. The minimum absolute atomic E-state index is 0.235. The predicted octanol–water partition coefficient (Wildman–Crippen LogP) is 3.57. The normalized spacial score (nSPS) is 15.0. The first-order valence-electron chi connectivity index (χ1n) is 5.11. The summed E-state index contributed by atoms with van der Waals surface area (Å²) in [6, 6.07) is 2.98. The molecule has 0 fully saturated rings. The molecule has 9 heteroatoms. The summed E-state index contributed by atoms with van der Waals surface area (Å²) in [4.78, 5) is 0.978. The summed E-state index contributed by atoms with van der Waals surface area (Å²) < 4.78 is 78.3. The largest absolute Gasteiger partial charge is 0.423 e. The van der Waals surface area contributed by atoms with Crippen LogP contribution < -0.4 is 5.73 Å². The molecule has 0 aliphatic rings. The third kappa shape index (κ3) is 4.36. The second-order valence-electron chi connectivity index (χ2n) is 3.77. The molecule has 0 amide bonds. The Morgan fingerprint density at radius 1 is 1.16 bits per heavy atom. The molecule has 0 radical (unpaired) electrons. The minimum Gasteiger partial charge on any atom is -0.351 e. The Hall–Kier alpha value is -0.800. The van der Waals surface area contributed by atoms with Gasteiger partial charge in [0.2, 0.25) is 6.10 Å². The van der Waals surface area contributed by atoms with Crippen molar-refractivity contribution in [2.24, 2.45) is 5.73 Å². The Bertz CT molecular complexity index is 399. The van der Waals surface area contributed by atoms with Gasteiger partial charge in [-0.3, -0.25) is 0 Å². The average molecular weight is 307 g/mol. The van der Waals surface area contributed by atoms with Crippen molar-refractivity contribution in [2.45, 2.75) is 31.5 Å². The number of hydrogen-bond donors (Lipinski definition) is 1. The van der Waals surface area contributed by atoms with Crippen molar-refractivity contribution in [3.8, 4) is 0 Å². The molecule has 1 aromatic rings. The zero-order valence-corrected chi connectivity index (χ0v) is 10.5. The van der Waals surface area contributed by atoms with Crippen molar-refractivity contribution >= 4 is 11.3 Å². The van der Waals surface area contributed by atoms with Crippen LogP contribution in [0.5, 0.6) is 0 Å². The van der Waals surface area contributed by atoms with Gasteiger partial charge < -0.3 is 10.5 Å². The number of thiophene rings is 1. The van der Waals surface area contributed by atoms with E-state index in [0.717, 1.165) is 16.2 Å². The molecule has 2 N–H and O–H groups in total. The average Bonchev–Trinajstić information content (AvgIpc) is 2.62. The maximum Gasteiger partial charge on any atom is 0.423 e. The summed E-state index contributed by atoms with van der Waals surface area (Å²) in [5.41, 5.74) is 5.20. The van der Waals surface area contributed by atoms with Crippen LogP contribution in [-0.4, -0.2) is 25.0 Å². The van der Waals surface area contributed by atoms with Crippen LogP contribution in [-0.2, 0) is 4.74 Å². The smallest absolute Gasteiger partial charge is 0.351 e. The first-order chi connectivity index (χ1) is 8.55. The number of rotatable bonds is 4. The maximum absolute atomic E-state index is 12.4. The van der Waals surface area contributed by atoms with Gasteiger partial charge in [0, 0.05) is 16.3 Å². The summed E-state index contributed by atoms with van der Waals surface area (Å²) in [7, 11) is 0. The van der Waals surface area contributed by atoms with Crippen molar-refractivity contribution in [3.05, 3.63) is 21.9 Å². The first kappa shape index (κ1) is 16.3. The highest BCUT2D eigenvalue weighted by Crippen LogP contribution is 2.39. The summed E-state index contributed by atoms with van der Waals surface area (Å²) in [5, 5.41) is 0. The SMILES string of the molecule is Cc1ccc(C(CN)OC(C(F)(F)F)C(F)(F)F)s1. The number of hydrogen-bond acceptors (Lipinski definition) is 3. The molecule has 1 rings (SSSR count). The number of ether oxygens (including phenoxy) is 1. The lowest BCUT2D eigenvalue weighted by atomic mass is 10.2. The molecule has 2 nitrogen and oxygen atoms in total. The van der Waals surface area contributed by atoms with E-state index in [9.17, 15) is 26.3 Å². The van der Waals surface area contributed by atoms with Gasteiger partial charge in [0.15, 0.2) is 0 Å². The Kier molecular flexibility index (Phi) is 4.86. The highest BCUT2D eigenvalue weighted by Gasteiger charge is 2.58. The van der Waals surface area contributed by atoms with Crippen molar-refractivity contribution in [1.82, 2.24) is 0 Å². The molecule has 0 aliphatic heterocycles. The van der Waals surface area contributed by atoms with Gasteiger partial charge in [-0.1, -0.05) is 0 Å². The second-order valence-corrected chi connectivity index (χ2v) is 5.09. The molecule has 1 aromatic heterocycles. The van der Waals surface area contributed by atoms with Gasteiger partial charge in [-0.15, -0.1) is 11.3 Å². The van der Waals surface area contributed by atoms with E-state index < -0.39 is 31.1 Å². The Balaban J connectivity index is 2.94. The van der Waals surface area contributed by atoms with E-state index in [1.807, 2.05) is 0 Å². The zero-order valence-electron chi connectivity index (χ0n) is 9.68. The molecule has 1 unspecified atom stereocenters. The molecule has 0 saturated carbocycles. The van der Waals surface area contributed by atoms with Crippen LogP contribution in [0.2, 0.25) is 0 Å². The fourth-order valence-electron chi connectivity index (χ4n) is 1.37. The predicted molar refractivity (Wildman–Crippen MR) is 57.8 cm³/mol. The standard InChI is InChI=1S/C10H11F6NOS/c1-5-2-3-7(19-5)6(4-17)18-8(9(11,12)13)10(14,15)16/h2-3,6,8H,4,17H2,1H3. The van der Waals surface area contributed by atoms with E-state index in [1.165, 1.54) is 6.07 Å². The van der Waals surface area contributed by atoms with Crippen molar-refractivity contribution in [1.29, 1.82) is 0 Å². The zero-order chi connectivity index (χ0) is 14.8. The molecule has 0 bridgehead atoms. The van der Waals surface area contributed by atoms with Gasteiger partial charge >= 0.3 is 12.4 Å². The number of nitrogens with two attached hydrogens (primary N) is 1. The van der Waals surface area contributed by atoms with Crippen molar-refractivity contribution in [3.63, 3.8) is 0 Å². The Morgan fingerprint density at radius 3 is 2.00 bits per heavy atom. The second kappa shape index (κ2) is 5.68. The van der Waals surface area contributed by atoms with Gasteiger partial charge in [0.05, 0.1) is 0 Å². The van der Waals surface area contributed by atoms with Crippen molar-refractivity contribution < 1.29 is 31.1 Å². The maximum atomic E-state index is 12.4. The summed E-state index contributed by atoms with van der Waals surface area (Å²) in [6.07, 6.45) is -16.3. The Morgan fingerprint density at radius 2 is 1.68 bits per heavy atom. The van der Waals surface area contributed by atoms with Crippen LogP contribution in [0.1, 0.15) is 15.9 Å². The molecular weight excluding hydrogens is 296 g/mol. The monoisotopic (exact) mass is 307 g/mol. The van der Waals surface area contributed by atoms with Crippen molar-refractivity contribution in [2.75, 3.05) is 6.54 Å². The van der Waals surface area contributed by atoms with Crippen LogP contribution in [0, 0.1) is 6.92 Å². The number of alkyl halides is 6. The quantitative estimate of drug-likeness (QED) is 0.863. The van der Waals surface area contributed by atoms with E-state index in [2.05, 4.69) is 4.74 Å². The van der Waals surface area contributed by atoms with Crippen LogP contribution in [0.3, 0.4) is 0 Å². The molecule has 110 valence electrons. The Labute approximate surface area is 109 Å². The lowest BCUT2D eigenvalue weighted by Gasteiger charge is -2.27. The van der Waals surface area contributed by atoms with Gasteiger partial charge in [0.25, 0.3) is 0 Å². The highest BCUT2D eigenvalue weighted by atomic mass is 32.1. The molecule has 0 saturated heterocycles. The van der Waals surface area contributed by atoms with Crippen LogP contribution >= 0.6 is 11.3 Å². The summed E-state index contributed by atoms with van der Waals surface area (Å²) in [5.74, 6) is 0. The summed E-state index contributed by atoms with van der Waals surface area (Å²) >= 11 is 1.04. The molecular formula is C10H11F6NOS. The fourth-order valence-corrected chi connectivity index (χ4v) is 2.30. The van der Waals surface area contributed by atoms with Gasteiger partial charge in [-0.05, 0) is 19.1 Å². The van der Waals surface area contributed by atoms with E-state index in [0.29, 0.717) is 0 Å². The lowest BCUT2D eigenvalue weighted by molar-refractivity contribution is -0.331. The third-order valence-electron chi connectivity index (χ3n) is 2.19. The summed E-state index contributed by atoms with van der Waals surface area (Å²) in [6.45, 7) is 1.20. The number of aryl methyl sites for hydroxylation is 1.